The number of hydrogen-bond donors (Lipinski definition) is 1. The molecule has 3 nitrogen and oxygen atoms in total. The van der Waals surface area contributed by atoms with Crippen LogP contribution in [0.15, 0.2) is 18.2 Å². The zero-order chi connectivity index (χ0) is 11.5. The summed E-state index contributed by atoms with van der Waals surface area (Å²) < 4.78 is 5.43. The van der Waals surface area contributed by atoms with Gasteiger partial charge in [-0.3, -0.25) is 4.79 Å². The average Bonchev–Trinajstić information content (AvgIpc) is 2.72. The van der Waals surface area contributed by atoms with Gasteiger partial charge in [0.1, 0.15) is 5.75 Å². The lowest BCUT2D eigenvalue weighted by atomic mass is 10.1. The summed E-state index contributed by atoms with van der Waals surface area (Å²) in [7, 11) is 0. The molecule has 0 aromatic heterocycles. The van der Waals surface area contributed by atoms with Crippen molar-refractivity contribution in [3.8, 4) is 5.75 Å². The standard InChI is InChI=1S/C13H17NO2/c1-9(2)13(15)14-8-10-3-4-12-11(7-10)5-6-16-12/h3-4,7,9H,5-6,8H2,1-2H3,(H,14,15). The topological polar surface area (TPSA) is 38.3 Å². The van der Waals surface area contributed by atoms with E-state index in [4.69, 9.17) is 4.74 Å². The first-order valence-corrected chi connectivity index (χ1v) is 5.69. The molecule has 1 heterocycles. The van der Waals surface area contributed by atoms with Crippen molar-refractivity contribution in [2.45, 2.75) is 26.8 Å². The van der Waals surface area contributed by atoms with Gasteiger partial charge in [0.05, 0.1) is 6.61 Å². The Morgan fingerprint density at radius 2 is 2.31 bits per heavy atom. The molecule has 0 atom stereocenters. The zero-order valence-corrected chi connectivity index (χ0v) is 9.75. The summed E-state index contributed by atoms with van der Waals surface area (Å²) in [5.74, 6) is 1.12. The minimum absolute atomic E-state index is 0.0396. The molecule has 1 aliphatic rings. The molecule has 0 saturated heterocycles. The third kappa shape index (κ3) is 2.35. The molecule has 16 heavy (non-hydrogen) atoms. The molecule has 3 heteroatoms. The molecular formula is C13H17NO2. The molecule has 1 aromatic carbocycles. The number of carbonyl (C=O) groups is 1. The lowest BCUT2D eigenvalue weighted by Crippen LogP contribution is -2.27. The Bertz CT molecular complexity index is 399. The van der Waals surface area contributed by atoms with Crippen molar-refractivity contribution in [3.05, 3.63) is 29.3 Å². The van der Waals surface area contributed by atoms with Gasteiger partial charge >= 0.3 is 0 Å². The van der Waals surface area contributed by atoms with E-state index in [1.165, 1.54) is 5.56 Å². The maximum absolute atomic E-state index is 11.4. The fourth-order valence-corrected chi connectivity index (χ4v) is 1.74. The second-order valence-corrected chi connectivity index (χ2v) is 4.41. The van der Waals surface area contributed by atoms with E-state index in [-0.39, 0.29) is 11.8 Å². The van der Waals surface area contributed by atoms with Crippen molar-refractivity contribution in [1.29, 1.82) is 0 Å². The molecule has 0 bridgehead atoms. The number of rotatable bonds is 3. The third-order valence-electron chi connectivity index (χ3n) is 2.74. The van der Waals surface area contributed by atoms with Gasteiger partial charge < -0.3 is 10.1 Å². The maximum Gasteiger partial charge on any atom is 0.222 e. The summed E-state index contributed by atoms with van der Waals surface area (Å²) in [5, 5.41) is 2.91. The first-order valence-electron chi connectivity index (χ1n) is 5.69. The van der Waals surface area contributed by atoms with Crippen LogP contribution < -0.4 is 10.1 Å². The highest BCUT2D eigenvalue weighted by Crippen LogP contribution is 2.25. The van der Waals surface area contributed by atoms with Gasteiger partial charge in [-0.2, -0.15) is 0 Å². The number of carbonyl (C=O) groups excluding carboxylic acids is 1. The van der Waals surface area contributed by atoms with Gasteiger partial charge in [-0.1, -0.05) is 26.0 Å². The molecule has 0 spiro atoms. The van der Waals surface area contributed by atoms with Crippen molar-refractivity contribution >= 4 is 5.91 Å². The molecule has 0 saturated carbocycles. The zero-order valence-electron chi connectivity index (χ0n) is 9.75. The molecule has 1 aromatic rings. The Kier molecular flexibility index (Phi) is 3.13. The normalized spacial score (nSPS) is 13.4. The van der Waals surface area contributed by atoms with Gasteiger partial charge in [0.15, 0.2) is 0 Å². The van der Waals surface area contributed by atoms with Crippen LogP contribution >= 0.6 is 0 Å². The molecule has 0 unspecified atom stereocenters. The first-order chi connectivity index (χ1) is 7.66. The van der Waals surface area contributed by atoms with E-state index >= 15 is 0 Å². The van der Waals surface area contributed by atoms with E-state index in [2.05, 4.69) is 11.4 Å². The largest absolute Gasteiger partial charge is 0.493 e. The summed E-state index contributed by atoms with van der Waals surface area (Å²) in [5.41, 5.74) is 2.38. The maximum atomic E-state index is 11.4. The number of amides is 1. The first kappa shape index (κ1) is 11.0. The predicted octanol–water partition coefficient (Wildman–Crippen LogP) is 1.89. The van der Waals surface area contributed by atoms with Crippen LogP contribution in [-0.2, 0) is 17.8 Å². The van der Waals surface area contributed by atoms with Crippen LogP contribution in [0.3, 0.4) is 0 Å². The Hall–Kier alpha value is -1.51. The molecule has 86 valence electrons. The lowest BCUT2D eigenvalue weighted by molar-refractivity contribution is -0.124. The van der Waals surface area contributed by atoms with Crippen LogP contribution in [-0.4, -0.2) is 12.5 Å². The van der Waals surface area contributed by atoms with Crippen molar-refractivity contribution in [2.75, 3.05) is 6.61 Å². The Morgan fingerprint density at radius 3 is 3.06 bits per heavy atom. The lowest BCUT2D eigenvalue weighted by Gasteiger charge is -2.08. The van der Waals surface area contributed by atoms with Crippen LogP contribution in [0.25, 0.3) is 0 Å². The summed E-state index contributed by atoms with van der Waals surface area (Å²) in [6, 6.07) is 6.10. The summed E-state index contributed by atoms with van der Waals surface area (Å²) in [4.78, 5) is 11.4. The van der Waals surface area contributed by atoms with Crippen molar-refractivity contribution in [2.24, 2.45) is 5.92 Å². The van der Waals surface area contributed by atoms with Gasteiger partial charge in [0, 0.05) is 18.9 Å². The van der Waals surface area contributed by atoms with Crippen LogP contribution in [0.2, 0.25) is 0 Å². The second-order valence-electron chi connectivity index (χ2n) is 4.41. The fraction of sp³-hybridized carbons (Fsp3) is 0.462. The smallest absolute Gasteiger partial charge is 0.222 e. The van der Waals surface area contributed by atoms with E-state index in [9.17, 15) is 4.79 Å². The number of ether oxygens (including phenoxy) is 1. The summed E-state index contributed by atoms with van der Waals surface area (Å²) >= 11 is 0. The van der Waals surface area contributed by atoms with Crippen LogP contribution in [0, 0.1) is 5.92 Å². The van der Waals surface area contributed by atoms with Gasteiger partial charge in [-0.25, -0.2) is 0 Å². The van der Waals surface area contributed by atoms with Crippen molar-refractivity contribution in [1.82, 2.24) is 5.32 Å². The van der Waals surface area contributed by atoms with Crippen LogP contribution in [0.5, 0.6) is 5.75 Å². The minimum Gasteiger partial charge on any atom is -0.493 e. The van der Waals surface area contributed by atoms with Crippen molar-refractivity contribution in [3.63, 3.8) is 0 Å². The highest BCUT2D eigenvalue weighted by Gasteiger charge is 2.12. The Labute approximate surface area is 95.8 Å². The molecule has 1 N–H and O–H groups in total. The van der Waals surface area contributed by atoms with E-state index < -0.39 is 0 Å². The molecule has 1 amide bonds. The van der Waals surface area contributed by atoms with Gasteiger partial charge in [0.2, 0.25) is 5.91 Å². The van der Waals surface area contributed by atoms with E-state index in [1.54, 1.807) is 0 Å². The number of benzene rings is 1. The van der Waals surface area contributed by atoms with Crippen molar-refractivity contribution < 1.29 is 9.53 Å². The number of hydrogen-bond acceptors (Lipinski definition) is 2. The van der Waals surface area contributed by atoms with E-state index in [0.29, 0.717) is 6.54 Å². The fourth-order valence-electron chi connectivity index (χ4n) is 1.74. The molecule has 1 aliphatic heterocycles. The SMILES string of the molecule is CC(C)C(=O)NCc1ccc2c(c1)CCO2. The highest BCUT2D eigenvalue weighted by molar-refractivity contribution is 5.77. The summed E-state index contributed by atoms with van der Waals surface area (Å²) in [6.07, 6.45) is 0.974. The molecular weight excluding hydrogens is 202 g/mol. The third-order valence-corrected chi connectivity index (χ3v) is 2.74. The van der Waals surface area contributed by atoms with Gasteiger partial charge in [-0.05, 0) is 17.2 Å². The van der Waals surface area contributed by atoms with E-state index in [1.807, 2.05) is 26.0 Å². The summed E-state index contributed by atoms with van der Waals surface area (Å²) in [6.45, 7) is 5.17. The number of fused-ring (bicyclic) bond motifs is 1. The quantitative estimate of drug-likeness (QED) is 0.843. The molecule has 2 rings (SSSR count). The average molecular weight is 219 g/mol. The Morgan fingerprint density at radius 1 is 1.50 bits per heavy atom. The van der Waals surface area contributed by atoms with Crippen LogP contribution in [0.1, 0.15) is 25.0 Å². The number of nitrogens with one attached hydrogen (secondary N) is 1. The molecule has 0 radical (unpaired) electrons. The molecule has 0 fully saturated rings. The van der Waals surface area contributed by atoms with Gasteiger partial charge in [0.25, 0.3) is 0 Å². The van der Waals surface area contributed by atoms with Gasteiger partial charge in [-0.15, -0.1) is 0 Å². The second kappa shape index (κ2) is 4.56. The predicted molar refractivity (Wildman–Crippen MR) is 62.3 cm³/mol. The Balaban J connectivity index is 1.98. The van der Waals surface area contributed by atoms with E-state index in [0.717, 1.165) is 24.3 Å². The molecule has 0 aliphatic carbocycles. The monoisotopic (exact) mass is 219 g/mol. The van der Waals surface area contributed by atoms with Crippen LogP contribution in [0.4, 0.5) is 0 Å². The minimum atomic E-state index is 0.0396. The highest BCUT2D eigenvalue weighted by atomic mass is 16.5.